The Kier molecular flexibility index (Phi) is 3.03. The monoisotopic (exact) mass is 229 g/mol. The standard InChI is InChI=1S/C11H10F3NO/c12-9-7-8(16-11(13)14)3-4-10(9)15-5-1-2-6-15/h1-4,7,11H,5-6H2. The Labute approximate surface area is 90.9 Å². The van der Waals surface area contributed by atoms with E-state index in [1.807, 2.05) is 12.2 Å². The Morgan fingerprint density at radius 2 is 1.88 bits per heavy atom. The third-order valence-electron chi connectivity index (χ3n) is 2.30. The van der Waals surface area contributed by atoms with Crippen molar-refractivity contribution in [1.29, 1.82) is 0 Å². The first kappa shape index (κ1) is 10.9. The first-order chi connectivity index (χ1) is 7.66. The van der Waals surface area contributed by atoms with Gasteiger partial charge in [0.05, 0.1) is 5.69 Å². The molecule has 0 atom stereocenters. The van der Waals surface area contributed by atoms with Crippen LogP contribution in [0.1, 0.15) is 0 Å². The molecule has 86 valence electrons. The minimum absolute atomic E-state index is 0.164. The average molecular weight is 229 g/mol. The summed E-state index contributed by atoms with van der Waals surface area (Å²) in [6.07, 6.45) is 3.84. The highest BCUT2D eigenvalue weighted by molar-refractivity contribution is 5.52. The van der Waals surface area contributed by atoms with Crippen molar-refractivity contribution >= 4 is 5.69 Å². The van der Waals surface area contributed by atoms with Gasteiger partial charge >= 0.3 is 6.61 Å². The summed E-state index contributed by atoms with van der Waals surface area (Å²) in [6, 6.07) is 3.75. The van der Waals surface area contributed by atoms with Gasteiger partial charge < -0.3 is 9.64 Å². The minimum atomic E-state index is -2.93. The summed E-state index contributed by atoms with van der Waals surface area (Å²) in [6.45, 7) is -1.67. The molecule has 0 radical (unpaired) electrons. The largest absolute Gasteiger partial charge is 0.435 e. The summed E-state index contributed by atoms with van der Waals surface area (Å²) in [5, 5.41) is 0. The van der Waals surface area contributed by atoms with Gasteiger partial charge in [0.15, 0.2) is 0 Å². The van der Waals surface area contributed by atoms with E-state index in [0.717, 1.165) is 6.07 Å². The summed E-state index contributed by atoms with van der Waals surface area (Å²) in [5.74, 6) is -0.717. The molecular formula is C11H10F3NO. The van der Waals surface area contributed by atoms with Gasteiger partial charge in [0.25, 0.3) is 0 Å². The minimum Gasteiger partial charge on any atom is -0.435 e. The van der Waals surface area contributed by atoms with Gasteiger partial charge in [-0.25, -0.2) is 4.39 Å². The van der Waals surface area contributed by atoms with Crippen molar-refractivity contribution in [2.45, 2.75) is 6.61 Å². The maximum atomic E-state index is 13.6. The number of rotatable bonds is 3. The van der Waals surface area contributed by atoms with Crippen LogP contribution in [0.5, 0.6) is 5.75 Å². The fourth-order valence-corrected chi connectivity index (χ4v) is 1.60. The van der Waals surface area contributed by atoms with Crippen LogP contribution in [0, 0.1) is 5.82 Å². The highest BCUT2D eigenvalue weighted by atomic mass is 19.3. The maximum absolute atomic E-state index is 13.6. The predicted molar refractivity (Wildman–Crippen MR) is 54.4 cm³/mol. The Bertz CT molecular complexity index is 398. The van der Waals surface area contributed by atoms with Gasteiger partial charge in [-0.05, 0) is 12.1 Å². The van der Waals surface area contributed by atoms with Gasteiger partial charge in [0.2, 0.25) is 0 Å². The first-order valence-corrected chi connectivity index (χ1v) is 4.81. The Morgan fingerprint density at radius 1 is 1.19 bits per heavy atom. The van der Waals surface area contributed by atoms with Crippen molar-refractivity contribution in [1.82, 2.24) is 0 Å². The third kappa shape index (κ3) is 2.29. The average Bonchev–Trinajstić information content (AvgIpc) is 2.69. The SMILES string of the molecule is Fc1cc(OC(F)F)ccc1N1CC=CC1. The molecule has 2 rings (SSSR count). The molecule has 0 saturated carbocycles. The van der Waals surface area contributed by atoms with Crippen LogP contribution in [-0.2, 0) is 0 Å². The highest BCUT2D eigenvalue weighted by Gasteiger charge is 2.14. The molecule has 1 heterocycles. The molecule has 0 unspecified atom stereocenters. The molecule has 0 amide bonds. The second-order valence-corrected chi connectivity index (χ2v) is 3.37. The van der Waals surface area contributed by atoms with Crippen molar-refractivity contribution < 1.29 is 17.9 Å². The van der Waals surface area contributed by atoms with E-state index in [1.165, 1.54) is 12.1 Å². The molecule has 0 spiro atoms. The quantitative estimate of drug-likeness (QED) is 0.739. The molecule has 16 heavy (non-hydrogen) atoms. The van der Waals surface area contributed by atoms with Crippen molar-refractivity contribution in [3.8, 4) is 5.75 Å². The second-order valence-electron chi connectivity index (χ2n) is 3.37. The van der Waals surface area contributed by atoms with Crippen molar-refractivity contribution in [2.75, 3.05) is 18.0 Å². The molecule has 1 aromatic carbocycles. The van der Waals surface area contributed by atoms with Crippen LogP contribution in [0.3, 0.4) is 0 Å². The maximum Gasteiger partial charge on any atom is 0.387 e. The normalized spacial score (nSPS) is 14.9. The number of nitrogens with zero attached hydrogens (tertiary/aromatic N) is 1. The van der Waals surface area contributed by atoms with Crippen LogP contribution in [0.15, 0.2) is 30.4 Å². The fourth-order valence-electron chi connectivity index (χ4n) is 1.60. The molecule has 0 aliphatic carbocycles. The fraction of sp³-hybridized carbons (Fsp3) is 0.273. The first-order valence-electron chi connectivity index (χ1n) is 4.81. The molecule has 1 aliphatic rings. The van der Waals surface area contributed by atoms with Gasteiger partial charge in [-0.1, -0.05) is 12.2 Å². The van der Waals surface area contributed by atoms with Crippen LogP contribution >= 0.6 is 0 Å². The smallest absolute Gasteiger partial charge is 0.387 e. The van der Waals surface area contributed by atoms with E-state index in [4.69, 9.17) is 0 Å². The summed E-state index contributed by atoms with van der Waals surface area (Å²) in [5.41, 5.74) is 0.395. The lowest BCUT2D eigenvalue weighted by Crippen LogP contribution is -2.19. The molecule has 0 saturated heterocycles. The number of hydrogen-bond acceptors (Lipinski definition) is 2. The van der Waals surface area contributed by atoms with Gasteiger partial charge in [-0.15, -0.1) is 0 Å². The zero-order valence-corrected chi connectivity index (χ0v) is 8.37. The predicted octanol–water partition coefficient (Wildman–Crippen LogP) is 2.80. The number of halogens is 3. The van der Waals surface area contributed by atoms with Crippen LogP contribution in [0.25, 0.3) is 0 Å². The molecule has 0 bridgehead atoms. The van der Waals surface area contributed by atoms with E-state index in [1.54, 1.807) is 4.90 Å². The lowest BCUT2D eigenvalue weighted by molar-refractivity contribution is -0.0499. The van der Waals surface area contributed by atoms with E-state index in [-0.39, 0.29) is 5.75 Å². The number of anilines is 1. The summed E-state index contributed by atoms with van der Waals surface area (Å²) in [4.78, 5) is 1.79. The zero-order valence-electron chi connectivity index (χ0n) is 8.37. The van der Waals surface area contributed by atoms with Gasteiger partial charge in [-0.3, -0.25) is 0 Å². The van der Waals surface area contributed by atoms with Crippen LogP contribution in [0.2, 0.25) is 0 Å². The molecule has 0 N–H and O–H groups in total. The summed E-state index contributed by atoms with van der Waals surface area (Å²) >= 11 is 0. The highest BCUT2D eigenvalue weighted by Crippen LogP contribution is 2.26. The molecule has 2 nitrogen and oxygen atoms in total. The Morgan fingerprint density at radius 3 is 2.44 bits per heavy atom. The van der Waals surface area contributed by atoms with Crippen molar-refractivity contribution in [3.63, 3.8) is 0 Å². The lowest BCUT2D eigenvalue weighted by atomic mass is 10.2. The third-order valence-corrected chi connectivity index (χ3v) is 2.30. The number of hydrogen-bond donors (Lipinski definition) is 0. The molecule has 0 aromatic heterocycles. The van der Waals surface area contributed by atoms with Gasteiger partial charge in [0.1, 0.15) is 11.6 Å². The molecule has 0 fully saturated rings. The Balaban J connectivity index is 2.16. The van der Waals surface area contributed by atoms with Gasteiger partial charge in [0, 0.05) is 19.2 Å². The topological polar surface area (TPSA) is 12.5 Å². The summed E-state index contributed by atoms with van der Waals surface area (Å²) < 4.78 is 41.4. The van der Waals surface area contributed by atoms with Crippen LogP contribution < -0.4 is 9.64 Å². The lowest BCUT2D eigenvalue weighted by Gasteiger charge is -2.18. The van der Waals surface area contributed by atoms with E-state index in [0.29, 0.717) is 18.8 Å². The van der Waals surface area contributed by atoms with E-state index in [2.05, 4.69) is 4.74 Å². The van der Waals surface area contributed by atoms with E-state index >= 15 is 0 Å². The van der Waals surface area contributed by atoms with E-state index < -0.39 is 12.4 Å². The van der Waals surface area contributed by atoms with E-state index in [9.17, 15) is 13.2 Å². The van der Waals surface area contributed by atoms with Crippen molar-refractivity contribution in [3.05, 3.63) is 36.2 Å². The van der Waals surface area contributed by atoms with Crippen molar-refractivity contribution in [2.24, 2.45) is 0 Å². The molecule has 5 heteroatoms. The van der Waals surface area contributed by atoms with Gasteiger partial charge in [-0.2, -0.15) is 8.78 Å². The second kappa shape index (κ2) is 4.47. The molecular weight excluding hydrogens is 219 g/mol. The van der Waals surface area contributed by atoms with Crippen LogP contribution in [-0.4, -0.2) is 19.7 Å². The Hall–Kier alpha value is -1.65. The van der Waals surface area contributed by atoms with Crippen LogP contribution in [0.4, 0.5) is 18.9 Å². The molecule has 1 aliphatic heterocycles. The zero-order chi connectivity index (χ0) is 11.5. The number of benzene rings is 1. The number of alkyl halides is 2. The summed E-state index contributed by atoms with van der Waals surface area (Å²) in [7, 11) is 0. The molecule has 1 aromatic rings. The number of ether oxygens (including phenoxy) is 1.